The highest BCUT2D eigenvalue weighted by atomic mass is 16.5. The standard InChI is InChI=1S/C18H22N4O2/c1-2-24-16-10-15(18(16)8-3-9-18)21-17(23)13-4-6-14(7-5-13)22-12-19-11-20-22/h4-7,11-12,15-16H,2-3,8-10H2,1H3,(H,21,23)/t15-,16-/m1/s1. The van der Waals surface area contributed by atoms with Crippen LogP contribution in [0.3, 0.4) is 0 Å². The number of carbonyl (C=O) groups excluding carboxylic acids is 1. The molecule has 0 aliphatic heterocycles. The highest BCUT2D eigenvalue weighted by Crippen LogP contribution is 2.57. The second-order valence-corrected chi connectivity index (χ2v) is 6.68. The summed E-state index contributed by atoms with van der Waals surface area (Å²) in [6, 6.07) is 7.67. The minimum atomic E-state index is -0.00800. The third-order valence-electron chi connectivity index (χ3n) is 5.56. The SMILES string of the molecule is CCO[C@@H]1C[C@@H](NC(=O)c2ccc(-n3cncn3)cc2)C12CCC2. The highest BCUT2D eigenvalue weighted by molar-refractivity contribution is 5.94. The largest absolute Gasteiger partial charge is 0.378 e. The molecule has 6 nitrogen and oxygen atoms in total. The molecule has 2 fully saturated rings. The molecule has 1 aromatic heterocycles. The number of benzene rings is 1. The Morgan fingerprint density at radius 2 is 2.17 bits per heavy atom. The highest BCUT2D eigenvalue weighted by Gasteiger charge is 2.59. The Balaban J connectivity index is 1.42. The molecular weight excluding hydrogens is 304 g/mol. The number of amides is 1. The van der Waals surface area contributed by atoms with Crippen LogP contribution < -0.4 is 5.32 Å². The van der Waals surface area contributed by atoms with Crippen molar-refractivity contribution in [1.82, 2.24) is 20.1 Å². The number of nitrogens with zero attached hydrogens (tertiary/aromatic N) is 3. The minimum absolute atomic E-state index is 0.00800. The molecule has 2 aromatic rings. The van der Waals surface area contributed by atoms with Crippen molar-refractivity contribution in [1.29, 1.82) is 0 Å². The molecule has 1 spiro atoms. The first-order valence-electron chi connectivity index (χ1n) is 8.60. The molecule has 2 atom stereocenters. The molecule has 2 aliphatic rings. The maximum absolute atomic E-state index is 12.6. The van der Waals surface area contributed by atoms with Crippen LogP contribution in [0.25, 0.3) is 5.69 Å². The van der Waals surface area contributed by atoms with E-state index in [1.807, 2.05) is 31.2 Å². The van der Waals surface area contributed by atoms with Gasteiger partial charge in [-0.15, -0.1) is 0 Å². The number of rotatable bonds is 5. The van der Waals surface area contributed by atoms with Crippen LogP contribution in [0.1, 0.15) is 43.0 Å². The normalized spacial score (nSPS) is 24.2. The summed E-state index contributed by atoms with van der Waals surface area (Å²) in [6.45, 7) is 2.78. The third-order valence-corrected chi connectivity index (χ3v) is 5.56. The van der Waals surface area contributed by atoms with Gasteiger partial charge in [0.2, 0.25) is 0 Å². The van der Waals surface area contributed by atoms with E-state index in [0.29, 0.717) is 11.7 Å². The fraction of sp³-hybridized carbons (Fsp3) is 0.500. The van der Waals surface area contributed by atoms with Crippen LogP contribution in [0.5, 0.6) is 0 Å². The Labute approximate surface area is 141 Å². The van der Waals surface area contributed by atoms with Crippen molar-refractivity contribution in [2.24, 2.45) is 5.41 Å². The van der Waals surface area contributed by atoms with Gasteiger partial charge in [-0.25, -0.2) is 9.67 Å². The number of hydrogen-bond donors (Lipinski definition) is 1. The minimum Gasteiger partial charge on any atom is -0.378 e. The monoisotopic (exact) mass is 326 g/mol. The molecule has 4 rings (SSSR count). The van der Waals surface area contributed by atoms with Crippen LogP contribution in [0.15, 0.2) is 36.9 Å². The van der Waals surface area contributed by atoms with Crippen molar-refractivity contribution >= 4 is 5.91 Å². The van der Waals surface area contributed by atoms with Crippen LogP contribution in [0, 0.1) is 5.41 Å². The molecule has 1 N–H and O–H groups in total. The lowest BCUT2D eigenvalue weighted by atomic mass is 9.51. The van der Waals surface area contributed by atoms with Crippen LogP contribution in [-0.2, 0) is 4.74 Å². The molecule has 2 aliphatic carbocycles. The van der Waals surface area contributed by atoms with Crippen LogP contribution >= 0.6 is 0 Å². The Morgan fingerprint density at radius 3 is 2.75 bits per heavy atom. The lowest BCUT2D eigenvalue weighted by molar-refractivity contribution is -0.169. The van der Waals surface area contributed by atoms with Gasteiger partial charge in [0, 0.05) is 23.6 Å². The van der Waals surface area contributed by atoms with Crippen LogP contribution in [0.2, 0.25) is 0 Å². The lowest BCUT2D eigenvalue weighted by Crippen LogP contribution is -2.67. The molecule has 0 radical (unpaired) electrons. The van der Waals surface area contributed by atoms with E-state index in [9.17, 15) is 4.79 Å². The molecule has 0 unspecified atom stereocenters. The molecular formula is C18H22N4O2. The van der Waals surface area contributed by atoms with Gasteiger partial charge >= 0.3 is 0 Å². The third kappa shape index (κ3) is 2.41. The zero-order valence-corrected chi connectivity index (χ0v) is 13.8. The molecule has 1 aromatic carbocycles. The number of ether oxygens (including phenoxy) is 1. The summed E-state index contributed by atoms with van der Waals surface area (Å²) in [6.07, 6.45) is 7.93. The van der Waals surface area contributed by atoms with Crippen LogP contribution in [0.4, 0.5) is 0 Å². The Bertz CT molecular complexity index is 707. The quantitative estimate of drug-likeness (QED) is 0.916. The first kappa shape index (κ1) is 15.3. The summed E-state index contributed by atoms with van der Waals surface area (Å²) >= 11 is 0. The molecule has 0 saturated heterocycles. The number of nitrogens with one attached hydrogen (secondary N) is 1. The zero-order valence-electron chi connectivity index (χ0n) is 13.8. The van der Waals surface area contributed by atoms with Gasteiger partial charge in [-0.05, 0) is 50.5 Å². The molecule has 6 heteroatoms. The van der Waals surface area contributed by atoms with E-state index in [1.165, 1.54) is 12.7 Å². The van der Waals surface area contributed by atoms with E-state index < -0.39 is 0 Å². The second-order valence-electron chi connectivity index (χ2n) is 6.68. The number of hydrogen-bond acceptors (Lipinski definition) is 4. The maximum atomic E-state index is 12.6. The first-order chi connectivity index (χ1) is 11.7. The predicted molar refractivity (Wildman–Crippen MR) is 88.9 cm³/mol. The molecule has 2 saturated carbocycles. The first-order valence-corrected chi connectivity index (χ1v) is 8.60. The van der Waals surface area contributed by atoms with Crippen molar-refractivity contribution < 1.29 is 9.53 Å². The number of carbonyl (C=O) groups is 1. The van der Waals surface area contributed by atoms with Crippen molar-refractivity contribution in [2.45, 2.75) is 44.8 Å². The molecule has 24 heavy (non-hydrogen) atoms. The zero-order chi connectivity index (χ0) is 16.6. The Kier molecular flexibility index (Phi) is 3.84. The van der Waals surface area contributed by atoms with Gasteiger partial charge < -0.3 is 10.1 Å². The Morgan fingerprint density at radius 1 is 1.38 bits per heavy atom. The lowest BCUT2D eigenvalue weighted by Gasteiger charge is -2.61. The predicted octanol–water partition coefficient (Wildman–Crippen LogP) is 2.34. The van der Waals surface area contributed by atoms with Gasteiger partial charge in [0.05, 0.1) is 11.8 Å². The summed E-state index contributed by atoms with van der Waals surface area (Å²) in [5.41, 5.74) is 1.75. The summed E-state index contributed by atoms with van der Waals surface area (Å²) in [4.78, 5) is 16.5. The average Bonchev–Trinajstić information content (AvgIpc) is 3.06. The maximum Gasteiger partial charge on any atom is 0.251 e. The molecule has 0 bridgehead atoms. The van der Waals surface area contributed by atoms with E-state index in [2.05, 4.69) is 15.4 Å². The second kappa shape index (κ2) is 6.02. The Hall–Kier alpha value is -2.21. The molecule has 1 amide bonds. The van der Waals surface area contributed by atoms with Crippen molar-refractivity contribution in [3.8, 4) is 5.69 Å². The van der Waals surface area contributed by atoms with Gasteiger partial charge in [0.15, 0.2) is 0 Å². The summed E-state index contributed by atoms with van der Waals surface area (Å²) in [7, 11) is 0. The molecule has 1 heterocycles. The van der Waals surface area contributed by atoms with E-state index in [0.717, 1.165) is 31.6 Å². The van der Waals surface area contributed by atoms with Crippen molar-refractivity contribution in [2.75, 3.05) is 6.61 Å². The fourth-order valence-corrected chi connectivity index (χ4v) is 3.99. The summed E-state index contributed by atoms with van der Waals surface area (Å²) in [5, 5.41) is 7.30. The van der Waals surface area contributed by atoms with Crippen LogP contribution in [-0.4, -0.2) is 39.4 Å². The van der Waals surface area contributed by atoms with E-state index in [1.54, 1.807) is 11.0 Å². The van der Waals surface area contributed by atoms with E-state index >= 15 is 0 Å². The van der Waals surface area contributed by atoms with Gasteiger partial charge in [-0.2, -0.15) is 5.10 Å². The number of aromatic nitrogens is 3. The van der Waals surface area contributed by atoms with E-state index in [-0.39, 0.29) is 17.4 Å². The molecule has 126 valence electrons. The smallest absolute Gasteiger partial charge is 0.251 e. The van der Waals surface area contributed by atoms with Crippen molar-refractivity contribution in [3.63, 3.8) is 0 Å². The van der Waals surface area contributed by atoms with Gasteiger partial charge in [0.1, 0.15) is 12.7 Å². The average molecular weight is 326 g/mol. The summed E-state index contributed by atoms with van der Waals surface area (Å²) in [5.74, 6) is -0.00800. The van der Waals surface area contributed by atoms with Gasteiger partial charge in [-0.3, -0.25) is 4.79 Å². The topological polar surface area (TPSA) is 69.0 Å². The van der Waals surface area contributed by atoms with E-state index in [4.69, 9.17) is 4.74 Å². The van der Waals surface area contributed by atoms with Gasteiger partial charge in [0.25, 0.3) is 5.91 Å². The fourth-order valence-electron chi connectivity index (χ4n) is 3.99. The van der Waals surface area contributed by atoms with Crippen molar-refractivity contribution in [3.05, 3.63) is 42.5 Å². The van der Waals surface area contributed by atoms with Gasteiger partial charge in [-0.1, -0.05) is 6.42 Å². The summed E-state index contributed by atoms with van der Waals surface area (Å²) < 4.78 is 7.51.